The lowest BCUT2D eigenvalue weighted by molar-refractivity contribution is 0.660. The van der Waals surface area contributed by atoms with Crippen molar-refractivity contribution in [1.29, 1.82) is 0 Å². The van der Waals surface area contributed by atoms with Gasteiger partial charge in [-0.2, -0.15) is 0 Å². The molecule has 0 saturated heterocycles. The van der Waals surface area contributed by atoms with Crippen LogP contribution < -0.4 is 0 Å². The minimum atomic E-state index is -0.105. The van der Waals surface area contributed by atoms with E-state index in [1.54, 1.807) is 0 Å². The van der Waals surface area contributed by atoms with E-state index in [0.29, 0.717) is 34.9 Å². The number of nitrogens with zero attached hydrogens (tertiary/aromatic N) is 6. The number of rotatable bonds is 11. The van der Waals surface area contributed by atoms with E-state index in [9.17, 15) is 0 Å². The summed E-state index contributed by atoms with van der Waals surface area (Å²) in [6, 6.07) is 121. The molecule has 6 nitrogen and oxygen atoms in total. The lowest BCUT2D eigenvalue weighted by Gasteiger charge is -2.22. The van der Waals surface area contributed by atoms with Crippen LogP contribution in [0.4, 0.5) is 0 Å². The number of aromatic nitrogens is 6. The minimum absolute atomic E-state index is 0.0511. The van der Waals surface area contributed by atoms with Gasteiger partial charge in [0.05, 0.1) is 0 Å². The van der Waals surface area contributed by atoms with Gasteiger partial charge in [-0.05, 0) is 177 Å². The third-order valence-electron chi connectivity index (χ3n) is 21.9. The molecule has 0 radical (unpaired) electrons. The van der Waals surface area contributed by atoms with Gasteiger partial charge < -0.3 is 0 Å². The largest absolute Gasteiger partial charge is 0.208 e. The molecule has 0 spiro atoms. The van der Waals surface area contributed by atoms with Crippen LogP contribution in [0.5, 0.6) is 0 Å². The maximum atomic E-state index is 5.16. The minimum Gasteiger partial charge on any atom is -0.208 e. The summed E-state index contributed by atoms with van der Waals surface area (Å²) in [5, 5.41) is 0. The molecule has 0 saturated carbocycles. The third-order valence-corrected chi connectivity index (χ3v) is 21.9. The van der Waals surface area contributed by atoms with Crippen LogP contribution in [0.3, 0.4) is 0 Å². The van der Waals surface area contributed by atoms with Crippen LogP contribution in [-0.4, -0.2) is 29.9 Å². The molecule has 0 aliphatic heterocycles. The van der Waals surface area contributed by atoms with Crippen LogP contribution in [0, 0.1) is 0 Å². The Morgan fingerprint density at radius 3 is 0.724 bits per heavy atom. The van der Waals surface area contributed by atoms with Gasteiger partial charge in [0.25, 0.3) is 0 Å². The molecule has 6 heteroatoms. The Morgan fingerprint density at radius 1 is 0.143 bits per heavy atom. The Balaban J connectivity index is 0.000000149. The third kappa shape index (κ3) is 11.7. The molecule has 0 unspecified atom stereocenters. The molecule has 3 aliphatic rings. The van der Waals surface area contributed by atoms with E-state index in [1.165, 1.54) is 89.0 Å². The Kier molecular flexibility index (Phi) is 15.8. The molecule has 3 aliphatic carbocycles. The fourth-order valence-electron chi connectivity index (χ4n) is 16.2. The van der Waals surface area contributed by atoms with Crippen molar-refractivity contribution in [3.8, 4) is 157 Å². The predicted molar refractivity (Wildman–Crippen MR) is 432 cm³/mol. The van der Waals surface area contributed by atoms with E-state index < -0.39 is 0 Å². The SMILES string of the molecule is CC1(C)c2ccccc2-c2cc(-c3cc(-c4ccc(-c5ccccc5)cc4)cc(-c4nc(-c5ccccc5)nc(-c5ccccc5)n4)c3)ccc21.CC1(C)c2ccccc2-c2ccc(-c3cc(-c4ccc5c(c4)C(C)(C)c4ccccc4-5)cc(-c4nc(-c5ccccc5)nc(-c5ccccc5)n4)c3)cc21. The van der Waals surface area contributed by atoms with Crippen molar-refractivity contribution < 1.29 is 0 Å². The Morgan fingerprint density at radius 2 is 0.362 bits per heavy atom. The summed E-state index contributed by atoms with van der Waals surface area (Å²) in [7, 11) is 0. The van der Waals surface area contributed by atoms with Crippen molar-refractivity contribution in [3.63, 3.8) is 0 Å². The van der Waals surface area contributed by atoms with Gasteiger partial charge in [-0.1, -0.05) is 327 Å². The van der Waals surface area contributed by atoms with Crippen molar-refractivity contribution in [2.75, 3.05) is 0 Å². The first kappa shape index (κ1) is 64.2. The van der Waals surface area contributed by atoms with Crippen molar-refractivity contribution >= 4 is 0 Å². The van der Waals surface area contributed by atoms with Crippen LogP contribution >= 0.6 is 0 Å². The second kappa shape index (κ2) is 25.9. The summed E-state index contributed by atoms with van der Waals surface area (Å²) in [5.41, 5.74) is 33.0. The van der Waals surface area contributed by atoms with Crippen molar-refractivity contribution in [1.82, 2.24) is 29.9 Å². The van der Waals surface area contributed by atoms with Gasteiger partial charge in [0, 0.05) is 49.6 Å². The fourth-order valence-corrected chi connectivity index (χ4v) is 16.2. The summed E-state index contributed by atoms with van der Waals surface area (Å²) in [4.78, 5) is 30.5. The first-order valence-electron chi connectivity index (χ1n) is 36.2. The quantitative estimate of drug-likeness (QED) is 0.128. The standard InChI is InChI=1S/C51H39N3.C48H35N3/c1-50(2)43-21-13-11-19-39(43)41-25-23-34(30-45(41)50)36-27-37(35-24-26-42-40-20-12-14-22-44(40)51(3,4)46(42)31-35)29-38(28-36)49-53-47(32-15-7-5-8-16-32)52-48(54-49)33-17-9-6-10-18-33;1-48(2)43-21-13-12-20-41(43)42-31-37(26-27-44(42)48)39-28-38(34-24-22-33(23-25-34)32-14-6-3-7-15-32)29-40(30-39)47-50-45(35-16-8-4-9-17-35)49-46(51-47)36-18-10-5-11-19-36/h5-31H,1-4H3;3-31H,1-2H3. The van der Waals surface area contributed by atoms with Crippen molar-refractivity contribution in [2.24, 2.45) is 0 Å². The van der Waals surface area contributed by atoms with Gasteiger partial charge in [-0.25, -0.2) is 29.9 Å². The summed E-state index contributed by atoms with van der Waals surface area (Å²) < 4.78 is 0. The van der Waals surface area contributed by atoms with E-state index >= 15 is 0 Å². The van der Waals surface area contributed by atoms with Crippen LogP contribution in [0.2, 0.25) is 0 Å². The first-order chi connectivity index (χ1) is 51.3. The number of benzene rings is 14. The molecule has 0 amide bonds. The average Bonchev–Trinajstić information content (AvgIpc) is 1.65. The number of fused-ring (bicyclic) bond motifs is 9. The first-order valence-corrected chi connectivity index (χ1v) is 36.2. The van der Waals surface area contributed by atoms with Crippen LogP contribution in [0.1, 0.15) is 74.9 Å². The second-order valence-electron chi connectivity index (χ2n) is 29.4. The van der Waals surface area contributed by atoms with Gasteiger partial charge in [-0.15, -0.1) is 0 Å². The van der Waals surface area contributed by atoms with Gasteiger partial charge in [0.15, 0.2) is 34.9 Å². The number of hydrogen-bond donors (Lipinski definition) is 0. The molecule has 2 heterocycles. The molecule has 0 N–H and O–H groups in total. The van der Waals surface area contributed by atoms with Crippen molar-refractivity contribution in [2.45, 2.75) is 57.8 Å². The molecular weight excluding hydrogens is 1270 g/mol. The maximum absolute atomic E-state index is 5.16. The highest BCUT2D eigenvalue weighted by molar-refractivity contribution is 5.91. The Hall–Kier alpha value is -12.9. The topological polar surface area (TPSA) is 77.3 Å². The van der Waals surface area contributed by atoms with Crippen molar-refractivity contribution in [3.05, 3.63) is 373 Å². The molecule has 14 aromatic carbocycles. The summed E-state index contributed by atoms with van der Waals surface area (Å²) >= 11 is 0. The lowest BCUT2D eigenvalue weighted by atomic mass is 9.81. The molecule has 2 aromatic heterocycles. The van der Waals surface area contributed by atoms with E-state index in [0.717, 1.165) is 66.8 Å². The Labute approximate surface area is 614 Å². The van der Waals surface area contributed by atoms with E-state index in [2.05, 4.69) is 284 Å². The molecule has 0 bridgehead atoms. The molecule has 0 atom stereocenters. The molecule has 16 aromatic rings. The number of hydrogen-bond acceptors (Lipinski definition) is 6. The Bertz CT molecular complexity index is 5780. The normalized spacial score (nSPS) is 13.5. The zero-order valence-corrected chi connectivity index (χ0v) is 59.5. The maximum Gasteiger partial charge on any atom is 0.164 e. The highest BCUT2D eigenvalue weighted by atomic mass is 15.0. The zero-order chi connectivity index (χ0) is 71.0. The molecule has 0 fully saturated rings. The van der Waals surface area contributed by atoms with Crippen LogP contribution in [0.25, 0.3) is 157 Å². The lowest BCUT2D eigenvalue weighted by Crippen LogP contribution is -2.15. The van der Waals surface area contributed by atoms with Crippen LogP contribution in [-0.2, 0) is 16.2 Å². The summed E-state index contributed by atoms with van der Waals surface area (Å²) in [6.07, 6.45) is 0. The van der Waals surface area contributed by atoms with Gasteiger partial charge in [0.1, 0.15) is 0 Å². The predicted octanol–water partition coefficient (Wildman–Crippen LogP) is 25.0. The van der Waals surface area contributed by atoms with Gasteiger partial charge >= 0.3 is 0 Å². The molecular formula is C99H74N6. The zero-order valence-electron chi connectivity index (χ0n) is 59.5. The van der Waals surface area contributed by atoms with E-state index in [-0.39, 0.29) is 16.2 Å². The molecule has 19 rings (SSSR count). The molecule has 500 valence electrons. The van der Waals surface area contributed by atoms with E-state index in [1.807, 2.05) is 97.1 Å². The smallest absolute Gasteiger partial charge is 0.164 e. The summed E-state index contributed by atoms with van der Waals surface area (Å²) in [5.74, 6) is 3.89. The van der Waals surface area contributed by atoms with Gasteiger partial charge in [0.2, 0.25) is 0 Å². The highest BCUT2D eigenvalue weighted by Gasteiger charge is 2.38. The summed E-state index contributed by atoms with van der Waals surface area (Å²) in [6.45, 7) is 14.0. The monoisotopic (exact) mass is 1350 g/mol. The van der Waals surface area contributed by atoms with E-state index in [4.69, 9.17) is 29.9 Å². The highest BCUT2D eigenvalue weighted by Crippen LogP contribution is 2.53. The average molecular weight is 1350 g/mol. The van der Waals surface area contributed by atoms with Crippen LogP contribution in [0.15, 0.2) is 340 Å². The molecule has 105 heavy (non-hydrogen) atoms. The fraction of sp³-hybridized carbons (Fsp3) is 0.0909. The van der Waals surface area contributed by atoms with Gasteiger partial charge in [-0.3, -0.25) is 0 Å². The second-order valence-corrected chi connectivity index (χ2v) is 29.4.